The average molecular weight is 508 g/mol. The summed E-state index contributed by atoms with van der Waals surface area (Å²) in [6.07, 6.45) is 3.08. The summed E-state index contributed by atoms with van der Waals surface area (Å²) in [6.45, 7) is 9.92. The van der Waals surface area contributed by atoms with Crippen molar-refractivity contribution in [2.45, 2.75) is 39.7 Å². The van der Waals surface area contributed by atoms with E-state index >= 15 is 0 Å². The summed E-state index contributed by atoms with van der Waals surface area (Å²) in [5.74, 6) is 0.664. The van der Waals surface area contributed by atoms with Gasteiger partial charge in [-0.25, -0.2) is 4.79 Å². The number of piperidine rings is 1. The third-order valence-electron chi connectivity index (χ3n) is 7.25. The van der Waals surface area contributed by atoms with Crippen LogP contribution in [0.2, 0.25) is 0 Å². The van der Waals surface area contributed by atoms with E-state index < -0.39 is 0 Å². The lowest BCUT2D eigenvalue weighted by atomic mass is 9.97. The second-order valence-corrected chi connectivity index (χ2v) is 10.2. The molecule has 0 bridgehead atoms. The van der Waals surface area contributed by atoms with Crippen LogP contribution in [0.4, 0.5) is 16.2 Å². The van der Waals surface area contributed by atoms with Crippen LogP contribution >= 0.6 is 0 Å². The number of hydrogen-bond donors (Lipinski definition) is 2. The highest BCUT2D eigenvalue weighted by Gasteiger charge is 2.23. The fraction of sp³-hybridized carbons (Fsp3) is 0.517. The van der Waals surface area contributed by atoms with Crippen LogP contribution in [0.5, 0.6) is 0 Å². The van der Waals surface area contributed by atoms with Crippen LogP contribution in [0.1, 0.15) is 38.7 Å². The number of anilines is 2. The predicted molar refractivity (Wildman–Crippen MR) is 149 cm³/mol. The molecular formula is C29H41N5O3. The number of morpholine rings is 1. The Morgan fingerprint density at radius 1 is 1.05 bits per heavy atom. The van der Waals surface area contributed by atoms with E-state index in [1.807, 2.05) is 15.9 Å². The molecule has 0 radical (unpaired) electrons. The number of nitrogens with one attached hydrogen (secondary N) is 1. The van der Waals surface area contributed by atoms with Gasteiger partial charge in [0.25, 0.3) is 0 Å². The van der Waals surface area contributed by atoms with Crippen molar-refractivity contribution < 1.29 is 14.3 Å². The third-order valence-corrected chi connectivity index (χ3v) is 7.25. The molecule has 2 heterocycles. The van der Waals surface area contributed by atoms with Crippen LogP contribution in [0, 0.1) is 5.92 Å². The van der Waals surface area contributed by atoms with Crippen LogP contribution in [-0.4, -0.2) is 74.2 Å². The number of benzene rings is 2. The molecule has 0 aromatic heterocycles. The largest absolute Gasteiger partial charge is 0.378 e. The maximum atomic E-state index is 13.2. The molecule has 8 heteroatoms. The second-order valence-electron chi connectivity index (χ2n) is 10.2. The Bertz CT molecular complexity index is 1060. The van der Waals surface area contributed by atoms with Crippen molar-refractivity contribution in [1.29, 1.82) is 0 Å². The zero-order valence-corrected chi connectivity index (χ0v) is 22.2. The van der Waals surface area contributed by atoms with E-state index in [4.69, 9.17) is 10.5 Å². The highest BCUT2D eigenvalue weighted by molar-refractivity contribution is 5.94. The van der Waals surface area contributed by atoms with Crippen molar-refractivity contribution in [3.05, 3.63) is 48.0 Å². The lowest BCUT2D eigenvalue weighted by Gasteiger charge is -2.33. The van der Waals surface area contributed by atoms with Gasteiger partial charge in [0.05, 0.1) is 24.6 Å². The summed E-state index contributed by atoms with van der Waals surface area (Å²) in [5, 5.41) is 3.05. The highest BCUT2D eigenvalue weighted by atomic mass is 16.5. The second kappa shape index (κ2) is 12.9. The van der Waals surface area contributed by atoms with Gasteiger partial charge in [0.15, 0.2) is 0 Å². The minimum absolute atomic E-state index is 0.0373. The standard InChI is InChI=1S/C29H41N5O3/c1-22-9-13-32(14-10-22)28-8-7-26(20-27(28)31-23(2)35)25-6-3-5-24(19-25)21-34(12-4-11-30)29(36)33-15-17-37-18-16-33/h3,5-8,19-20,22H,4,9-18,21,30H2,1-2H3,(H,31,35). The van der Waals surface area contributed by atoms with Gasteiger partial charge >= 0.3 is 6.03 Å². The molecular weight excluding hydrogens is 466 g/mol. The fourth-order valence-electron chi connectivity index (χ4n) is 5.08. The summed E-state index contributed by atoms with van der Waals surface area (Å²) in [6, 6.07) is 14.7. The predicted octanol–water partition coefficient (Wildman–Crippen LogP) is 4.15. The van der Waals surface area contributed by atoms with Crippen molar-refractivity contribution >= 4 is 23.3 Å². The number of rotatable bonds is 8. The molecule has 4 rings (SSSR count). The number of amides is 3. The quantitative estimate of drug-likeness (QED) is 0.560. The SMILES string of the molecule is CC(=O)Nc1cc(-c2cccc(CN(CCCN)C(=O)N3CCOCC3)c2)ccc1N1CCC(C)CC1. The molecule has 2 aliphatic rings. The number of nitrogens with two attached hydrogens (primary N) is 1. The first-order chi connectivity index (χ1) is 17.9. The summed E-state index contributed by atoms with van der Waals surface area (Å²) in [4.78, 5) is 31.4. The summed E-state index contributed by atoms with van der Waals surface area (Å²) >= 11 is 0. The van der Waals surface area contributed by atoms with E-state index in [0.29, 0.717) is 45.9 Å². The summed E-state index contributed by atoms with van der Waals surface area (Å²) < 4.78 is 5.42. The molecule has 37 heavy (non-hydrogen) atoms. The van der Waals surface area contributed by atoms with Gasteiger partial charge in [0.2, 0.25) is 5.91 Å². The molecule has 2 aromatic rings. The minimum atomic E-state index is -0.0744. The smallest absolute Gasteiger partial charge is 0.320 e. The molecule has 3 N–H and O–H groups in total. The lowest BCUT2D eigenvalue weighted by molar-refractivity contribution is -0.114. The summed E-state index contributed by atoms with van der Waals surface area (Å²) in [7, 11) is 0. The van der Waals surface area contributed by atoms with Crippen molar-refractivity contribution in [2.24, 2.45) is 11.7 Å². The molecule has 0 aliphatic carbocycles. The van der Waals surface area contributed by atoms with Crippen molar-refractivity contribution in [3.63, 3.8) is 0 Å². The molecule has 2 aliphatic heterocycles. The Labute approximate surface area is 220 Å². The van der Waals surface area contributed by atoms with Crippen LogP contribution < -0.4 is 16.0 Å². The Balaban J connectivity index is 1.55. The Kier molecular flexibility index (Phi) is 9.41. The van der Waals surface area contributed by atoms with Crippen LogP contribution in [0.3, 0.4) is 0 Å². The summed E-state index contributed by atoms with van der Waals surface area (Å²) in [5.41, 5.74) is 10.8. The van der Waals surface area contributed by atoms with Gasteiger partial charge in [-0.1, -0.05) is 31.2 Å². The molecule has 3 amide bonds. The third kappa shape index (κ3) is 7.23. The first-order valence-corrected chi connectivity index (χ1v) is 13.5. The Hall–Kier alpha value is -3.10. The van der Waals surface area contributed by atoms with E-state index in [-0.39, 0.29) is 11.9 Å². The molecule has 0 saturated carbocycles. The van der Waals surface area contributed by atoms with Gasteiger partial charge in [0.1, 0.15) is 0 Å². The maximum Gasteiger partial charge on any atom is 0.320 e. The monoisotopic (exact) mass is 507 g/mol. The molecule has 2 fully saturated rings. The zero-order valence-electron chi connectivity index (χ0n) is 22.2. The number of nitrogens with zero attached hydrogens (tertiary/aromatic N) is 3. The Morgan fingerprint density at radius 3 is 2.49 bits per heavy atom. The van der Waals surface area contributed by atoms with Crippen LogP contribution in [-0.2, 0) is 16.1 Å². The van der Waals surface area contributed by atoms with E-state index in [1.54, 1.807) is 6.92 Å². The number of carbonyl (C=O) groups is 2. The molecule has 2 aromatic carbocycles. The topological polar surface area (TPSA) is 91.1 Å². The van der Waals surface area contributed by atoms with E-state index in [2.05, 4.69) is 53.5 Å². The number of urea groups is 1. The number of hydrogen-bond acceptors (Lipinski definition) is 5. The van der Waals surface area contributed by atoms with Gasteiger partial charge in [-0.2, -0.15) is 0 Å². The van der Waals surface area contributed by atoms with Gasteiger partial charge in [-0.3, -0.25) is 4.79 Å². The van der Waals surface area contributed by atoms with Gasteiger partial charge in [-0.05, 0) is 66.6 Å². The average Bonchev–Trinajstić information content (AvgIpc) is 2.91. The van der Waals surface area contributed by atoms with Crippen LogP contribution in [0.15, 0.2) is 42.5 Å². The number of ether oxygens (including phenoxy) is 1. The number of carbonyl (C=O) groups excluding carboxylic acids is 2. The minimum Gasteiger partial charge on any atom is -0.378 e. The van der Waals surface area contributed by atoms with Crippen molar-refractivity contribution in [1.82, 2.24) is 9.80 Å². The Morgan fingerprint density at radius 2 is 1.78 bits per heavy atom. The molecule has 0 atom stereocenters. The first-order valence-electron chi connectivity index (χ1n) is 13.5. The normalized spacial score (nSPS) is 16.5. The maximum absolute atomic E-state index is 13.2. The van der Waals surface area contributed by atoms with Gasteiger partial charge in [0, 0.05) is 46.2 Å². The lowest BCUT2D eigenvalue weighted by Crippen LogP contribution is -2.48. The highest BCUT2D eigenvalue weighted by Crippen LogP contribution is 2.34. The molecule has 0 unspecified atom stereocenters. The molecule has 8 nitrogen and oxygen atoms in total. The van der Waals surface area contributed by atoms with Crippen molar-refractivity contribution in [2.75, 3.05) is 62.7 Å². The zero-order chi connectivity index (χ0) is 26.2. The molecule has 200 valence electrons. The van der Waals surface area contributed by atoms with Crippen LogP contribution in [0.25, 0.3) is 11.1 Å². The molecule has 2 saturated heterocycles. The van der Waals surface area contributed by atoms with E-state index in [0.717, 1.165) is 66.3 Å². The van der Waals surface area contributed by atoms with E-state index in [1.165, 1.54) is 0 Å². The van der Waals surface area contributed by atoms with Crippen molar-refractivity contribution in [3.8, 4) is 11.1 Å². The molecule has 0 spiro atoms. The first kappa shape index (κ1) is 26.9. The van der Waals surface area contributed by atoms with Gasteiger partial charge in [-0.15, -0.1) is 0 Å². The fourth-order valence-corrected chi connectivity index (χ4v) is 5.08. The van der Waals surface area contributed by atoms with E-state index in [9.17, 15) is 9.59 Å². The van der Waals surface area contributed by atoms with Gasteiger partial charge < -0.3 is 30.5 Å².